The van der Waals surface area contributed by atoms with Crippen molar-refractivity contribution in [2.45, 2.75) is 50.3 Å². The zero-order valence-electron chi connectivity index (χ0n) is 11.0. The number of urea groups is 1. The first-order valence-corrected chi connectivity index (χ1v) is 7.36. The molecule has 2 atom stereocenters. The van der Waals surface area contributed by atoms with E-state index in [4.69, 9.17) is 5.11 Å². The SMILES string of the molecule is CCCC(NC(=O)NCC1(C)CCCS1)C(=O)O. The van der Waals surface area contributed by atoms with Crippen LogP contribution in [0.15, 0.2) is 0 Å². The van der Waals surface area contributed by atoms with E-state index in [9.17, 15) is 9.59 Å². The summed E-state index contributed by atoms with van der Waals surface area (Å²) in [5, 5.41) is 14.2. The second-order valence-electron chi connectivity index (χ2n) is 4.91. The van der Waals surface area contributed by atoms with Crippen LogP contribution in [0.2, 0.25) is 0 Å². The van der Waals surface area contributed by atoms with Gasteiger partial charge in [-0.3, -0.25) is 0 Å². The minimum atomic E-state index is -0.978. The molecule has 1 fully saturated rings. The summed E-state index contributed by atoms with van der Waals surface area (Å²) in [5.74, 6) is 0.154. The lowest BCUT2D eigenvalue weighted by Gasteiger charge is -2.23. The Bertz CT molecular complexity index is 304. The van der Waals surface area contributed by atoms with Gasteiger partial charge in [0, 0.05) is 11.3 Å². The van der Waals surface area contributed by atoms with E-state index in [-0.39, 0.29) is 10.8 Å². The van der Waals surface area contributed by atoms with Gasteiger partial charge in [-0.2, -0.15) is 11.8 Å². The van der Waals surface area contributed by atoms with Gasteiger partial charge in [0.1, 0.15) is 6.04 Å². The van der Waals surface area contributed by atoms with Gasteiger partial charge < -0.3 is 15.7 Å². The van der Waals surface area contributed by atoms with Gasteiger partial charge in [-0.05, 0) is 31.9 Å². The fourth-order valence-electron chi connectivity index (χ4n) is 2.00. The quantitative estimate of drug-likeness (QED) is 0.690. The van der Waals surface area contributed by atoms with Crippen LogP contribution in [0.3, 0.4) is 0 Å². The average Bonchev–Trinajstić information content (AvgIpc) is 2.73. The van der Waals surface area contributed by atoms with Crippen molar-refractivity contribution in [2.75, 3.05) is 12.3 Å². The average molecular weight is 274 g/mol. The Morgan fingerprint density at radius 1 is 1.50 bits per heavy atom. The molecule has 1 aliphatic rings. The van der Waals surface area contributed by atoms with Crippen LogP contribution < -0.4 is 10.6 Å². The van der Waals surface area contributed by atoms with Crippen molar-refractivity contribution in [3.05, 3.63) is 0 Å². The summed E-state index contributed by atoms with van der Waals surface area (Å²) < 4.78 is 0.0980. The van der Waals surface area contributed by atoms with Crippen LogP contribution in [0.4, 0.5) is 4.79 Å². The normalized spacial score (nSPS) is 24.6. The third-order valence-electron chi connectivity index (χ3n) is 3.10. The van der Waals surface area contributed by atoms with E-state index in [1.807, 2.05) is 18.7 Å². The Kier molecular flexibility index (Phi) is 5.78. The third kappa shape index (κ3) is 4.76. The van der Waals surface area contributed by atoms with Crippen LogP contribution in [0.25, 0.3) is 0 Å². The fourth-order valence-corrected chi connectivity index (χ4v) is 3.24. The van der Waals surface area contributed by atoms with E-state index in [2.05, 4.69) is 17.6 Å². The number of rotatable bonds is 6. The zero-order valence-corrected chi connectivity index (χ0v) is 11.8. The monoisotopic (exact) mass is 274 g/mol. The maximum atomic E-state index is 11.6. The van der Waals surface area contributed by atoms with Gasteiger partial charge in [-0.25, -0.2) is 9.59 Å². The highest BCUT2D eigenvalue weighted by atomic mass is 32.2. The molecule has 0 aromatic carbocycles. The number of carbonyl (C=O) groups is 2. The lowest BCUT2D eigenvalue weighted by atomic mass is 10.1. The third-order valence-corrected chi connectivity index (χ3v) is 4.64. The van der Waals surface area contributed by atoms with E-state index < -0.39 is 12.0 Å². The van der Waals surface area contributed by atoms with Crippen LogP contribution in [0, 0.1) is 0 Å². The molecule has 0 aromatic heterocycles. The van der Waals surface area contributed by atoms with E-state index in [0.29, 0.717) is 13.0 Å². The molecule has 0 radical (unpaired) electrons. The number of carboxylic acids is 1. The van der Waals surface area contributed by atoms with Gasteiger partial charge in [0.25, 0.3) is 0 Å². The molecule has 104 valence electrons. The summed E-state index contributed by atoms with van der Waals surface area (Å²) >= 11 is 1.86. The maximum absolute atomic E-state index is 11.6. The Balaban J connectivity index is 2.33. The number of carboxylic acid groups (broad SMARTS) is 1. The van der Waals surface area contributed by atoms with E-state index in [1.54, 1.807) is 0 Å². The van der Waals surface area contributed by atoms with Crippen molar-refractivity contribution in [3.63, 3.8) is 0 Å². The molecule has 1 saturated heterocycles. The Hall–Kier alpha value is -0.910. The first-order valence-electron chi connectivity index (χ1n) is 6.38. The molecule has 0 spiro atoms. The summed E-state index contributed by atoms with van der Waals surface area (Å²) in [5.41, 5.74) is 0. The Morgan fingerprint density at radius 3 is 2.72 bits per heavy atom. The van der Waals surface area contributed by atoms with Crippen molar-refractivity contribution in [1.82, 2.24) is 10.6 Å². The lowest BCUT2D eigenvalue weighted by Crippen LogP contribution is -2.48. The second kappa shape index (κ2) is 6.87. The number of thioether (sulfide) groups is 1. The molecular formula is C12H22N2O3S. The Labute approximate surface area is 112 Å². The fraction of sp³-hybridized carbons (Fsp3) is 0.833. The highest BCUT2D eigenvalue weighted by Gasteiger charge is 2.30. The van der Waals surface area contributed by atoms with Crippen molar-refractivity contribution in [1.29, 1.82) is 0 Å². The summed E-state index contributed by atoms with van der Waals surface area (Å²) in [6.07, 6.45) is 3.45. The van der Waals surface area contributed by atoms with Crippen LogP contribution >= 0.6 is 11.8 Å². The molecule has 0 bridgehead atoms. The maximum Gasteiger partial charge on any atom is 0.326 e. The number of aliphatic carboxylic acids is 1. The molecule has 0 aliphatic carbocycles. The number of amides is 2. The van der Waals surface area contributed by atoms with Gasteiger partial charge in [-0.15, -0.1) is 0 Å². The highest BCUT2D eigenvalue weighted by Crippen LogP contribution is 2.36. The second-order valence-corrected chi connectivity index (χ2v) is 6.59. The predicted molar refractivity (Wildman–Crippen MR) is 73.0 cm³/mol. The smallest absolute Gasteiger partial charge is 0.326 e. The standard InChI is InChI=1S/C12H22N2O3S/c1-3-5-9(10(15)16)14-11(17)13-8-12(2)6-4-7-18-12/h9H,3-8H2,1-2H3,(H,15,16)(H2,13,14,17). The molecule has 2 amide bonds. The number of nitrogens with one attached hydrogen (secondary N) is 2. The van der Waals surface area contributed by atoms with Crippen molar-refractivity contribution < 1.29 is 14.7 Å². The van der Waals surface area contributed by atoms with Crippen LogP contribution in [-0.2, 0) is 4.79 Å². The molecule has 0 aromatic rings. The molecule has 1 aliphatic heterocycles. The van der Waals surface area contributed by atoms with E-state index in [0.717, 1.165) is 18.6 Å². The molecule has 0 saturated carbocycles. The predicted octanol–water partition coefficient (Wildman–Crippen LogP) is 1.82. The van der Waals surface area contributed by atoms with Crippen molar-refractivity contribution in [2.24, 2.45) is 0 Å². The van der Waals surface area contributed by atoms with Gasteiger partial charge in [-0.1, -0.05) is 13.3 Å². The molecule has 6 heteroatoms. The first kappa shape index (κ1) is 15.1. The summed E-state index contributed by atoms with van der Waals surface area (Å²) in [4.78, 5) is 22.5. The number of hydrogen-bond donors (Lipinski definition) is 3. The van der Waals surface area contributed by atoms with Crippen LogP contribution in [-0.4, -0.2) is 40.2 Å². The molecule has 1 heterocycles. The molecule has 18 heavy (non-hydrogen) atoms. The van der Waals surface area contributed by atoms with Gasteiger partial charge in [0.05, 0.1) is 0 Å². The molecule has 5 nitrogen and oxygen atoms in total. The van der Waals surface area contributed by atoms with Crippen LogP contribution in [0.5, 0.6) is 0 Å². The van der Waals surface area contributed by atoms with Crippen LogP contribution in [0.1, 0.15) is 39.5 Å². The molecule has 3 N–H and O–H groups in total. The topological polar surface area (TPSA) is 78.4 Å². The van der Waals surface area contributed by atoms with Crippen molar-refractivity contribution >= 4 is 23.8 Å². The van der Waals surface area contributed by atoms with Gasteiger partial charge in [0.2, 0.25) is 0 Å². The summed E-state index contributed by atoms with van der Waals surface area (Å²) in [6.45, 7) is 4.61. The summed E-state index contributed by atoms with van der Waals surface area (Å²) in [7, 11) is 0. The van der Waals surface area contributed by atoms with Crippen molar-refractivity contribution in [3.8, 4) is 0 Å². The first-order chi connectivity index (χ1) is 8.47. The Morgan fingerprint density at radius 2 is 2.22 bits per heavy atom. The number of carbonyl (C=O) groups excluding carboxylic acids is 1. The summed E-state index contributed by atoms with van der Waals surface area (Å²) in [6, 6.07) is -1.18. The largest absolute Gasteiger partial charge is 0.480 e. The van der Waals surface area contributed by atoms with E-state index >= 15 is 0 Å². The number of hydrogen-bond acceptors (Lipinski definition) is 3. The highest BCUT2D eigenvalue weighted by molar-refractivity contribution is 8.00. The lowest BCUT2D eigenvalue weighted by molar-refractivity contribution is -0.139. The van der Waals surface area contributed by atoms with Gasteiger partial charge >= 0.3 is 12.0 Å². The molecular weight excluding hydrogens is 252 g/mol. The minimum Gasteiger partial charge on any atom is -0.480 e. The molecule has 1 rings (SSSR count). The van der Waals surface area contributed by atoms with E-state index in [1.165, 1.54) is 6.42 Å². The molecule has 2 unspecified atom stereocenters. The minimum absolute atomic E-state index is 0.0980. The van der Waals surface area contributed by atoms with Gasteiger partial charge in [0.15, 0.2) is 0 Å². The zero-order chi connectivity index (χ0) is 13.6.